The van der Waals surface area contributed by atoms with Crippen molar-refractivity contribution in [3.05, 3.63) is 69.0 Å². The number of allylic oxidation sites excluding steroid dienone is 1. The van der Waals surface area contributed by atoms with Gasteiger partial charge in [0.25, 0.3) is 0 Å². The van der Waals surface area contributed by atoms with Crippen LogP contribution >= 0.6 is 0 Å². The number of amides is 1. The second-order valence-corrected chi connectivity index (χ2v) is 9.42. The van der Waals surface area contributed by atoms with Gasteiger partial charge in [-0.15, -0.1) is 0 Å². The average Bonchev–Trinajstić information content (AvgIpc) is 3.16. The lowest BCUT2D eigenvalue weighted by atomic mass is 9.86. The predicted molar refractivity (Wildman–Crippen MR) is 133 cm³/mol. The number of nitrogens with zero attached hydrogens (tertiary/aromatic N) is 3. The summed E-state index contributed by atoms with van der Waals surface area (Å²) in [5.74, 6) is -0.752. The monoisotopic (exact) mass is 498 g/mol. The summed E-state index contributed by atoms with van der Waals surface area (Å²) in [5, 5.41) is 6.05. The lowest BCUT2D eigenvalue weighted by molar-refractivity contribution is -0.144. The zero-order valence-electron chi connectivity index (χ0n) is 20.5. The Morgan fingerprint density at radius 1 is 1.11 bits per heavy atom. The number of methoxy groups -OCH3 is 1. The minimum Gasteiger partial charge on any atom is -0.467 e. The molecule has 11 nitrogen and oxygen atoms in total. The number of rotatable bonds is 9. The summed E-state index contributed by atoms with van der Waals surface area (Å²) in [7, 11) is 1.21. The maximum absolute atomic E-state index is 13.4. The molecule has 4 N–H and O–H groups in total. The fourth-order valence-corrected chi connectivity index (χ4v) is 4.89. The van der Waals surface area contributed by atoms with E-state index in [0.717, 1.165) is 40.5 Å². The molecule has 194 valence electrons. The first-order valence-electron chi connectivity index (χ1n) is 12.4. The van der Waals surface area contributed by atoms with Crippen LogP contribution in [-0.2, 0) is 27.4 Å². The summed E-state index contributed by atoms with van der Waals surface area (Å²) in [6, 6.07) is 7.60. The molecule has 1 saturated carbocycles. The van der Waals surface area contributed by atoms with Crippen molar-refractivity contribution in [2.45, 2.75) is 56.9 Å². The number of nitrogens with one attached hydrogen (secondary N) is 2. The van der Waals surface area contributed by atoms with E-state index in [2.05, 4.69) is 10.6 Å². The van der Waals surface area contributed by atoms with Gasteiger partial charge in [-0.3, -0.25) is 4.79 Å². The number of benzene rings is 1. The van der Waals surface area contributed by atoms with Gasteiger partial charge in [0, 0.05) is 25.7 Å². The van der Waals surface area contributed by atoms with Gasteiger partial charge in [-0.25, -0.2) is 28.3 Å². The third kappa shape index (κ3) is 5.52. The quantitative estimate of drug-likeness (QED) is 0.328. The van der Waals surface area contributed by atoms with E-state index in [9.17, 15) is 19.2 Å². The van der Waals surface area contributed by atoms with E-state index >= 15 is 0 Å². The molecule has 2 aliphatic rings. The van der Waals surface area contributed by atoms with Gasteiger partial charge in [-0.1, -0.05) is 42.5 Å². The van der Waals surface area contributed by atoms with Crippen LogP contribution in [0.25, 0.3) is 0 Å². The Labute approximate surface area is 208 Å². The van der Waals surface area contributed by atoms with Crippen LogP contribution in [0, 0.1) is 5.92 Å². The summed E-state index contributed by atoms with van der Waals surface area (Å²) < 4.78 is 8.09. The van der Waals surface area contributed by atoms with Crippen LogP contribution in [0.5, 0.6) is 0 Å². The van der Waals surface area contributed by atoms with Gasteiger partial charge in [0.15, 0.2) is 12.1 Å². The van der Waals surface area contributed by atoms with E-state index in [0.29, 0.717) is 19.0 Å². The molecule has 2 aromatic rings. The van der Waals surface area contributed by atoms with E-state index in [1.54, 1.807) is 12.2 Å². The minimum absolute atomic E-state index is 0.00877. The molecule has 0 radical (unpaired) electrons. The standard InChI is InChI=1S/C25H34N6O5/c1-36-23(33)21(16-27-14-17-6-3-2-4-7-17)30-24(34)29-13-5-8-20(31(29)25(30)35)22(32)28-15-18-9-11-19(26)12-10-18/h2-8,18-21,27H,9-16,26H2,1H3,(H,28,32). The number of nitrogens with two attached hydrogens (primary N) is 1. The smallest absolute Gasteiger partial charge is 0.349 e. The summed E-state index contributed by atoms with van der Waals surface area (Å²) in [5.41, 5.74) is 5.56. The van der Waals surface area contributed by atoms with Gasteiger partial charge in [-0.2, -0.15) is 0 Å². The van der Waals surface area contributed by atoms with Crippen molar-refractivity contribution >= 4 is 11.9 Å². The zero-order chi connectivity index (χ0) is 25.7. The highest BCUT2D eigenvalue weighted by atomic mass is 16.5. The molecule has 1 aliphatic heterocycles. The maximum atomic E-state index is 13.4. The molecule has 1 aromatic heterocycles. The van der Waals surface area contributed by atoms with Gasteiger partial charge < -0.3 is 21.1 Å². The van der Waals surface area contributed by atoms with Crippen LogP contribution in [0.15, 0.2) is 52.1 Å². The molecule has 0 spiro atoms. The Bertz CT molecular complexity index is 1210. The van der Waals surface area contributed by atoms with Gasteiger partial charge in [0.1, 0.15) is 0 Å². The van der Waals surface area contributed by atoms with Crippen LogP contribution in [0.4, 0.5) is 0 Å². The number of carbonyl (C=O) groups excluding carboxylic acids is 2. The van der Waals surface area contributed by atoms with E-state index in [1.165, 1.54) is 11.8 Å². The lowest BCUT2D eigenvalue weighted by Gasteiger charge is -2.27. The Balaban J connectivity index is 1.52. The van der Waals surface area contributed by atoms with Crippen LogP contribution < -0.4 is 27.7 Å². The molecule has 36 heavy (non-hydrogen) atoms. The lowest BCUT2D eigenvalue weighted by Crippen LogP contribution is -2.44. The van der Waals surface area contributed by atoms with E-state index in [-0.39, 0.29) is 25.0 Å². The van der Waals surface area contributed by atoms with Crippen molar-refractivity contribution in [1.82, 2.24) is 24.6 Å². The van der Waals surface area contributed by atoms with E-state index in [1.807, 2.05) is 30.3 Å². The summed E-state index contributed by atoms with van der Waals surface area (Å²) in [6.45, 7) is 1.06. The molecule has 1 aliphatic carbocycles. The van der Waals surface area contributed by atoms with Crippen molar-refractivity contribution in [2.75, 3.05) is 20.2 Å². The van der Waals surface area contributed by atoms with Crippen molar-refractivity contribution < 1.29 is 14.3 Å². The Kier molecular flexibility index (Phi) is 8.21. The molecular formula is C25H34N6O5. The van der Waals surface area contributed by atoms with Gasteiger partial charge >= 0.3 is 17.3 Å². The third-order valence-electron chi connectivity index (χ3n) is 6.97. The fraction of sp³-hybridized carbons (Fsp3) is 0.520. The zero-order valence-corrected chi connectivity index (χ0v) is 20.5. The molecule has 11 heteroatoms. The fourth-order valence-electron chi connectivity index (χ4n) is 4.89. The molecule has 2 unspecified atom stereocenters. The largest absolute Gasteiger partial charge is 0.467 e. The normalized spacial score (nSPS) is 22.0. The van der Waals surface area contributed by atoms with Crippen LogP contribution in [0.1, 0.15) is 43.3 Å². The number of carbonyl (C=O) groups is 2. The molecule has 1 amide bonds. The summed E-state index contributed by atoms with van der Waals surface area (Å²) in [6.07, 6.45) is 7.03. The maximum Gasteiger partial charge on any atom is 0.349 e. The van der Waals surface area contributed by atoms with Gasteiger partial charge in [-0.05, 0) is 37.2 Å². The minimum atomic E-state index is -1.18. The Morgan fingerprint density at radius 3 is 2.53 bits per heavy atom. The number of aromatic nitrogens is 3. The highest BCUT2D eigenvalue weighted by Gasteiger charge is 2.34. The second kappa shape index (κ2) is 11.5. The molecule has 2 atom stereocenters. The predicted octanol–water partition coefficient (Wildman–Crippen LogP) is 0.0600. The Hall–Kier alpha value is -3.44. The molecule has 0 bridgehead atoms. The number of fused-ring (bicyclic) bond motifs is 1. The van der Waals surface area contributed by atoms with Crippen molar-refractivity contribution in [3.63, 3.8) is 0 Å². The average molecular weight is 499 g/mol. The Morgan fingerprint density at radius 2 is 1.83 bits per heavy atom. The van der Waals surface area contributed by atoms with Crippen LogP contribution in [-0.4, -0.2) is 52.0 Å². The van der Waals surface area contributed by atoms with Crippen molar-refractivity contribution in [2.24, 2.45) is 11.7 Å². The van der Waals surface area contributed by atoms with E-state index < -0.39 is 29.4 Å². The molecule has 4 rings (SSSR count). The first-order valence-corrected chi connectivity index (χ1v) is 12.4. The second-order valence-electron chi connectivity index (χ2n) is 9.42. The van der Waals surface area contributed by atoms with Gasteiger partial charge in [0.2, 0.25) is 5.91 Å². The highest BCUT2D eigenvalue weighted by molar-refractivity contribution is 5.82. The highest BCUT2D eigenvalue weighted by Crippen LogP contribution is 2.22. The number of hydrogen-bond donors (Lipinski definition) is 3. The molecule has 1 aromatic carbocycles. The number of esters is 1. The third-order valence-corrected chi connectivity index (χ3v) is 6.97. The SMILES string of the molecule is COC(=O)C(CNCc1ccccc1)n1c(=O)n2n(c1=O)C(C(=O)NCC1CCC(N)CC1)C=CC2. The first kappa shape index (κ1) is 25.6. The molecule has 0 saturated heterocycles. The summed E-state index contributed by atoms with van der Waals surface area (Å²) in [4.78, 5) is 52.3. The van der Waals surface area contributed by atoms with Crippen LogP contribution in [0.3, 0.4) is 0 Å². The number of hydrogen-bond acceptors (Lipinski definition) is 7. The van der Waals surface area contributed by atoms with Crippen LogP contribution in [0.2, 0.25) is 0 Å². The summed E-state index contributed by atoms with van der Waals surface area (Å²) >= 11 is 0. The van der Waals surface area contributed by atoms with Crippen molar-refractivity contribution in [3.8, 4) is 0 Å². The first-order chi connectivity index (χ1) is 17.4. The van der Waals surface area contributed by atoms with E-state index in [4.69, 9.17) is 10.5 Å². The molecule has 1 fully saturated rings. The topological polar surface area (TPSA) is 142 Å². The molecule has 2 heterocycles. The molecular weight excluding hydrogens is 464 g/mol. The van der Waals surface area contributed by atoms with Gasteiger partial charge in [0.05, 0.1) is 13.7 Å². The van der Waals surface area contributed by atoms with Crippen molar-refractivity contribution in [1.29, 1.82) is 0 Å². The number of ether oxygens (including phenoxy) is 1.